The fraction of sp³-hybridized carbons (Fsp3) is 0.650. The van der Waals surface area contributed by atoms with Crippen LogP contribution >= 0.6 is 0 Å². The number of hydrogen-bond donors (Lipinski definition) is 1. The van der Waals surface area contributed by atoms with Gasteiger partial charge in [-0.2, -0.15) is 0 Å². The molecule has 2 saturated heterocycles. The first kappa shape index (κ1) is 19.0. The number of rotatable bonds is 7. The highest BCUT2D eigenvalue weighted by molar-refractivity contribution is 5.95. The minimum atomic E-state index is 0.0629. The van der Waals surface area contributed by atoms with Crippen LogP contribution < -0.4 is 14.8 Å². The molecular formula is C20H31N3O3. The maximum atomic E-state index is 13.3. The summed E-state index contributed by atoms with van der Waals surface area (Å²) in [5.41, 5.74) is 0.631. The molecule has 0 aliphatic carbocycles. The number of amides is 1. The average molecular weight is 361 g/mol. The molecule has 2 fully saturated rings. The molecule has 1 N–H and O–H groups in total. The summed E-state index contributed by atoms with van der Waals surface area (Å²) in [7, 11) is 3.22. The van der Waals surface area contributed by atoms with Crippen LogP contribution in [0, 0.1) is 0 Å². The van der Waals surface area contributed by atoms with Crippen molar-refractivity contribution < 1.29 is 14.3 Å². The Morgan fingerprint density at radius 3 is 2.42 bits per heavy atom. The number of nitrogens with zero attached hydrogens (tertiary/aromatic N) is 2. The van der Waals surface area contributed by atoms with Gasteiger partial charge in [0, 0.05) is 37.3 Å². The van der Waals surface area contributed by atoms with Gasteiger partial charge in [0.05, 0.1) is 14.2 Å². The van der Waals surface area contributed by atoms with Crippen molar-refractivity contribution in [1.29, 1.82) is 0 Å². The van der Waals surface area contributed by atoms with Crippen LogP contribution in [-0.2, 0) is 0 Å². The van der Waals surface area contributed by atoms with Crippen LogP contribution in [0.3, 0.4) is 0 Å². The minimum Gasteiger partial charge on any atom is -0.497 e. The number of methoxy groups -OCH3 is 2. The third kappa shape index (κ3) is 4.68. The van der Waals surface area contributed by atoms with Crippen LogP contribution in [-0.4, -0.2) is 75.2 Å². The van der Waals surface area contributed by atoms with Gasteiger partial charge < -0.3 is 24.6 Å². The van der Waals surface area contributed by atoms with Gasteiger partial charge in [0.15, 0.2) is 0 Å². The Balaban J connectivity index is 1.75. The maximum absolute atomic E-state index is 13.3. The third-order valence-corrected chi connectivity index (χ3v) is 5.44. The summed E-state index contributed by atoms with van der Waals surface area (Å²) in [5, 5.41) is 3.39. The van der Waals surface area contributed by atoms with Gasteiger partial charge in [0.25, 0.3) is 5.91 Å². The SMILES string of the molecule is COc1cc(OC)cc(C(=O)N(CCN2CCCCC2)C2CCNC2)c1. The van der Waals surface area contributed by atoms with Crippen LogP contribution in [0.4, 0.5) is 0 Å². The summed E-state index contributed by atoms with van der Waals surface area (Å²) < 4.78 is 10.7. The molecule has 0 radical (unpaired) electrons. The van der Waals surface area contributed by atoms with Gasteiger partial charge in [0.1, 0.15) is 11.5 Å². The van der Waals surface area contributed by atoms with E-state index in [9.17, 15) is 4.79 Å². The van der Waals surface area contributed by atoms with E-state index in [1.165, 1.54) is 19.3 Å². The van der Waals surface area contributed by atoms with Crippen molar-refractivity contribution in [3.63, 3.8) is 0 Å². The second kappa shape index (κ2) is 9.24. The minimum absolute atomic E-state index is 0.0629. The molecule has 0 bridgehead atoms. The van der Waals surface area contributed by atoms with Crippen LogP contribution in [0.2, 0.25) is 0 Å². The van der Waals surface area contributed by atoms with Crippen LogP contribution in [0.1, 0.15) is 36.0 Å². The topological polar surface area (TPSA) is 54.0 Å². The van der Waals surface area contributed by atoms with Crippen LogP contribution in [0.5, 0.6) is 11.5 Å². The molecule has 1 atom stereocenters. The van der Waals surface area contributed by atoms with E-state index in [0.717, 1.165) is 45.7 Å². The summed E-state index contributed by atoms with van der Waals surface area (Å²) in [6, 6.07) is 5.67. The van der Waals surface area contributed by atoms with E-state index in [1.54, 1.807) is 32.4 Å². The standard InChI is InChI=1S/C20H31N3O3/c1-25-18-12-16(13-19(14-18)26-2)20(24)23(17-6-7-21-15-17)11-10-22-8-4-3-5-9-22/h12-14,17,21H,3-11,15H2,1-2H3. The van der Waals surface area contributed by atoms with Gasteiger partial charge >= 0.3 is 0 Å². The quantitative estimate of drug-likeness (QED) is 0.805. The molecule has 1 unspecified atom stereocenters. The largest absolute Gasteiger partial charge is 0.497 e. The van der Waals surface area contributed by atoms with Gasteiger partial charge in [-0.3, -0.25) is 4.79 Å². The Morgan fingerprint density at radius 1 is 1.15 bits per heavy atom. The summed E-state index contributed by atoms with van der Waals surface area (Å²) in [4.78, 5) is 17.8. The van der Waals surface area contributed by atoms with E-state index < -0.39 is 0 Å². The molecule has 6 heteroatoms. The second-order valence-electron chi connectivity index (χ2n) is 7.15. The smallest absolute Gasteiger partial charge is 0.254 e. The lowest BCUT2D eigenvalue weighted by atomic mass is 10.1. The monoisotopic (exact) mass is 361 g/mol. The van der Waals surface area contributed by atoms with Gasteiger partial charge in [-0.05, 0) is 51.0 Å². The first-order valence-corrected chi connectivity index (χ1v) is 9.68. The zero-order valence-corrected chi connectivity index (χ0v) is 16.0. The van der Waals surface area contributed by atoms with Crippen LogP contribution in [0.25, 0.3) is 0 Å². The molecule has 1 aromatic rings. The van der Waals surface area contributed by atoms with E-state index in [-0.39, 0.29) is 11.9 Å². The van der Waals surface area contributed by atoms with Crippen molar-refractivity contribution in [2.24, 2.45) is 0 Å². The van der Waals surface area contributed by atoms with Gasteiger partial charge in [-0.1, -0.05) is 6.42 Å². The first-order chi connectivity index (χ1) is 12.7. The fourth-order valence-corrected chi connectivity index (χ4v) is 3.88. The van der Waals surface area contributed by atoms with Crippen molar-refractivity contribution in [2.45, 2.75) is 31.7 Å². The number of likely N-dealkylation sites (tertiary alicyclic amines) is 1. The molecular weight excluding hydrogens is 330 g/mol. The number of carbonyl (C=O) groups is 1. The maximum Gasteiger partial charge on any atom is 0.254 e. The molecule has 6 nitrogen and oxygen atoms in total. The highest BCUT2D eigenvalue weighted by atomic mass is 16.5. The molecule has 0 spiro atoms. The third-order valence-electron chi connectivity index (χ3n) is 5.44. The molecule has 3 rings (SSSR count). The van der Waals surface area contributed by atoms with E-state index >= 15 is 0 Å². The van der Waals surface area contributed by atoms with Gasteiger partial charge in [-0.15, -0.1) is 0 Å². The van der Waals surface area contributed by atoms with E-state index in [2.05, 4.69) is 10.2 Å². The number of ether oxygens (including phenoxy) is 2. The highest BCUT2D eigenvalue weighted by Crippen LogP contribution is 2.24. The van der Waals surface area contributed by atoms with E-state index in [0.29, 0.717) is 17.1 Å². The van der Waals surface area contributed by atoms with Crippen LogP contribution in [0.15, 0.2) is 18.2 Å². The molecule has 1 amide bonds. The van der Waals surface area contributed by atoms with Crippen molar-refractivity contribution in [1.82, 2.24) is 15.1 Å². The Kier molecular flexibility index (Phi) is 6.74. The Morgan fingerprint density at radius 2 is 1.85 bits per heavy atom. The summed E-state index contributed by atoms with van der Waals surface area (Å²) in [5.74, 6) is 1.36. The van der Waals surface area contributed by atoms with Gasteiger partial charge in [0.2, 0.25) is 0 Å². The van der Waals surface area contributed by atoms with Crippen molar-refractivity contribution in [2.75, 3.05) is 53.5 Å². The van der Waals surface area contributed by atoms with Gasteiger partial charge in [-0.25, -0.2) is 0 Å². The molecule has 1 aromatic carbocycles. The Labute approximate surface area is 156 Å². The van der Waals surface area contributed by atoms with Crippen molar-refractivity contribution >= 4 is 5.91 Å². The highest BCUT2D eigenvalue weighted by Gasteiger charge is 2.28. The number of hydrogen-bond acceptors (Lipinski definition) is 5. The summed E-state index contributed by atoms with van der Waals surface area (Å²) in [6.45, 7) is 5.86. The molecule has 0 saturated carbocycles. The lowest BCUT2D eigenvalue weighted by Crippen LogP contribution is -2.46. The molecule has 2 aliphatic heterocycles. The summed E-state index contributed by atoms with van der Waals surface area (Å²) >= 11 is 0. The summed E-state index contributed by atoms with van der Waals surface area (Å²) in [6.07, 6.45) is 4.88. The zero-order valence-electron chi connectivity index (χ0n) is 16.0. The lowest BCUT2D eigenvalue weighted by Gasteiger charge is -2.33. The number of piperidine rings is 1. The number of carbonyl (C=O) groups excluding carboxylic acids is 1. The molecule has 2 aliphatic rings. The number of nitrogens with one attached hydrogen (secondary N) is 1. The Bertz CT molecular complexity index is 574. The number of benzene rings is 1. The first-order valence-electron chi connectivity index (χ1n) is 9.68. The van der Waals surface area contributed by atoms with E-state index in [1.807, 2.05) is 4.90 Å². The van der Waals surface area contributed by atoms with E-state index in [4.69, 9.17) is 9.47 Å². The molecule has 26 heavy (non-hydrogen) atoms. The predicted molar refractivity (Wildman–Crippen MR) is 102 cm³/mol. The Hall–Kier alpha value is -1.79. The van der Waals surface area contributed by atoms with Crippen molar-refractivity contribution in [3.8, 4) is 11.5 Å². The molecule has 0 aromatic heterocycles. The van der Waals surface area contributed by atoms with Crippen molar-refractivity contribution in [3.05, 3.63) is 23.8 Å². The molecule has 2 heterocycles. The second-order valence-corrected chi connectivity index (χ2v) is 7.15. The normalized spacial score (nSPS) is 20.8. The lowest BCUT2D eigenvalue weighted by molar-refractivity contribution is 0.0659. The molecule has 144 valence electrons. The predicted octanol–water partition coefficient (Wildman–Crippen LogP) is 1.99. The average Bonchev–Trinajstić information content (AvgIpc) is 3.22. The fourth-order valence-electron chi connectivity index (χ4n) is 3.88. The zero-order chi connectivity index (χ0) is 18.4.